The molecule has 3 N–H and O–H groups in total. The van der Waals surface area contributed by atoms with Gasteiger partial charge in [-0.3, -0.25) is 9.59 Å². The molecule has 2 atom stereocenters. The normalized spacial score (nSPS) is 23.4. The van der Waals surface area contributed by atoms with Crippen LogP contribution in [0, 0.1) is 11.8 Å². The zero-order valence-corrected chi connectivity index (χ0v) is 13.9. The smallest absolute Gasteiger partial charge is 0.248 e. The molecule has 0 unspecified atom stereocenters. The highest BCUT2D eigenvalue weighted by atomic mass is 16.5. The van der Waals surface area contributed by atoms with Crippen LogP contribution in [0.15, 0.2) is 24.3 Å². The van der Waals surface area contributed by atoms with E-state index in [1.807, 2.05) is 4.90 Å². The summed E-state index contributed by atoms with van der Waals surface area (Å²) in [6.07, 6.45) is 2.57. The third-order valence-electron chi connectivity index (χ3n) is 5.10. The molecule has 0 spiro atoms. The standard InChI is InChI=1S/C18H25N3O3/c19-18(23)13-1-3-16(4-2-13)24-10-7-17(22)21-8-5-14-11-20-12-15(14)6-9-21/h1-4,14-15,20H,5-12H2,(H2,19,23)/t14-,15+. The summed E-state index contributed by atoms with van der Waals surface area (Å²) in [7, 11) is 0. The van der Waals surface area contributed by atoms with Gasteiger partial charge in [0.25, 0.3) is 0 Å². The van der Waals surface area contributed by atoms with E-state index in [0.29, 0.717) is 24.3 Å². The fraction of sp³-hybridized carbons (Fsp3) is 0.556. The second-order valence-corrected chi connectivity index (χ2v) is 6.62. The molecule has 130 valence electrons. The zero-order chi connectivity index (χ0) is 16.9. The van der Waals surface area contributed by atoms with Crippen LogP contribution in [0.25, 0.3) is 0 Å². The number of fused-ring (bicyclic) bond motifs is 1. The van der Waals surface area contributed by atoms with Gasteiger partial charge in [-0.05, 0) is 62.0 Å². The average Bonchev–Trinajstić information content (AvgIpc) is 2.93. The van der Waals surface area contributed by atoms with E-state index in [1.54, 1.807) is 24.3 Å². The van der Waals surface area contributed by atoms with E-state index < -0.39 is 5.91 Å². The number of primary amides is 1. The summed E-state index contributed by atoms with van der Waals surface area (Å²) in [6, 6.07) is 6.65. The Morgan fingerprint density at radius 1 is 1.12 bits per heavy atom. The molecular formula is C18H25N3O3. The number of likely N-dealkylation sites (tertiary alicyclic amines) is 1. The summed E-state index contributed by atoms with van der Waals surface area (Å²) in [6.45, 7) is 4.25. The number of amides is 2. The first kappa shape index (κ1) is 16.8. The van der Waals surface area contributed by atoms with Gasteiger partial charge in [-0.2, -0.15) is 0 Å². The van der Waals surface area contributed by atoms with Crippen LogP contribution in [0.1, 0.15) is 29.6 Å². The zero-order valence-electron chi connectivity index (χ0n) is 13.9. The molecule has 2 saturated heterocycles. The first-order valence-electron chi connectivity index (χ1n) is 8.64. The molecule has 1 aromatic carbocycles. The van der Waals surface area contributed by atoms with Crippen LogP contribution in [0.3, 0.4) is 0 Å². The molecule has 0 saturated carbocycles. The van der Waals surface area contributed by atoms with E-state index in [-0.39, 0.29) is 5.91 Å². The second kappa shape index (κ2) is 7.66. The van der Waals surface area contributed by atoms with Crippen molar-refractivity contribution in [2.75, 3.05) is 32.8 Å². The molecule has 3 rings (SSSR count). The van der Waals surface area contributed by atoms with Gasteiger partial charge >= 0.3 is 0 Å². The van der Waals surface area contributed by atoms with Crippen LogP contribution in [0.5, 0.6) is 5.75 Å². The van der Waals surface area contributed by atoms with E-state index in [0.717, 1.165) is 50.9 Å². The van der Waals surface area contributed by atoms with Crippen molar-refractivity contribution in [2.45, 2.75) is 19.3 Å². The minimum Gasteiger partial charge on any atom is -0.493 e. The molecule has 1 aromatic rings. The Morgan fingerprint density at radius 2 is 1.75 bits per heavy atom. The van der Waals surface area contributed by atoms with Crippen LogP contribution < -0.4 is 15.8 Å². The van der Waals surface area contributed by atoms with Crippen molar-refractivity contribution >= 4 is 11.8 Å². The molecule has 2 amide bonds. The van der Waals surface area contributed by atoms with Crippen molar-refractivity contribution in [3.05, 3.63) is 29.8 Å². The topological polar surface area (TPSA) is 84.7 Å². The first-order chi connectivity index (χ1) is 11.6. The lowest BCUT2D eigenvalue weighted by atomic mass is 9.92. The van der Waals surface area contributed by atoms with Crippen LogP contribution >= 0.6 is 0 Å². The summed E-state index contributed by atoms with van der Waals surface area (Å²) < 4.78 is 5.60. The maximum Gasteiger partial charge on any atom is 0.248 e. The lowest BCUT2D eigenvalue weighted by Crippen LogP contribution is -2.33. The maximum absolute atomic E-state index is 12.4. The highest BCUT2D eigenvalue weighted by Crippen LogP contribution is 2.27. The van der Waals surface area contributed by atoms with Crippen LogP contribution in [0.4, 0.5) is 0 Å². The van der Waals surface area contributed by atoms with Crippen molar-refractivity contribution in [1.82, 2.24) is 10.2 Å². The van der Waals surface area contributed by atoms with Crippen LogP contribution in [-0.4, -0.2) is 49.5 Å². The number of rotatable bonds is 5. The minimum atomic E-state index is -0.460. The maximum atomic E-state index is 12.4. The van der Waals surface area contributed by atoms with Gasteiger partial charge < -0.3 is 20.7 Å². The van der Waals surface area contributed by atoms with E-state index in [9.17, 15) is 9.59 Å². The highest BCUT2D eigenvalue weighted by molar-refractivity contribution is 5.92. The molecule has 0 aromatic heterocycles. The van der Waals surface area contributed by atoms with Gasteiger partial charge in [0.1, 0.15) is 5.75 Å². The fourth-order valence-electron chi connectivity index (χ4n) is 3.60. The molecule has 24 heavy (non-hydrogen) atoms. The van der Waals surface area contributed by atoms with Crippen LogP contribution in [-0.2, 0) is 4.79 Å². The number of carbonyl (C=O) groups is 2. The third-order valence-corrected chi connectivity index (χ3v) is 5.10. The van der Waals surface area contributed by atoms with Gasteiger partial charge in [0.2, 0.25) is 11.8 Å². The Balaban J connectivity index is 1.43. The monoisotopic (exact) mass is 331 g/mol. The number of ether oxygens (including phenoxy) is 1. The van der Waals surface area contributed by atoms with Crippen molar-refractivity contribution < 1.29 is 14.3 Å². The molecule has 0 bridgehead atoms. The number of nitrogens with two attached hydrogens (primary N) is 1. The molecule has 2 aliphatic rings. The van der Waals surface area contributed by atoms with Crippen molar-refractivity contribution in [3.8, 4) is 5.75 Å². The van der Waals surface area contributed by atoms with Gasteiger partial charge in [0.15, 0.2) is 0 Å². The van der Waals surface area contributed by atoms with Gasteiger partial charge in [-0.15, -0.1) is 0 Å². The Morgan fingerprint density at radius 3 is 2.33 bits per heavy atom. The third kappa shape index (κ3) is 4.06. The van der Waals surface area contributed by atoms with Gasteiger partial charge in [0, 0.05) is 18.7 Å². The van der Waals surface area contributed by atoms with E-state index >= 15 is 0 Å². The molecule has 2 fully saturated rings. The number of nitrogens with zero attached hydrogens (tertiary/aromatic N) is 1. The molecule has 0 radical (unpaired) electrons. The largest absolute Gasteiger partial charge is 0.493 e. The predicted molar refractivity (Wildman–Crippen MR) is 90.7 cm³/mol. The van der Waals surface area contributed by atoms with Gasteiger partial charge in [-0.25, -0.2) is 0 Å². The summed E-state index contributed by atoms with van der Waals surface area (Å²) in [5.41, 5.74) is 5.65. The molecule has 2 heterocycles. The van der Waals surface area contributed by atoms with Gasteiger partial charge in [-0.1, -0.05) is 0 Å². The molecule has 0 aliphatic carbocycles. The average molecular weight is 331 g/mol. The van der Waals surface area contributed by atoms with Crippen LogP contribution in [0.2, 0.25) is 0 Å². The molecule has 6 nitrogen and oxygen atoms in total. The van der Waals surface area contributed by atoms with E-state index in [2.05, 4.69) is 5.32 Å². The summed E-state index contributed by atoms with van der Waals surface area (Å²) in [5, 5.41) is 3.45. The summed E-state index contributed by atoms with van der Waals surface area (Å²) in [5.74, 6) is 1.80. The number of benzene rings is 1. The SMILES string of the molecule is NC(=O)c1ccc(OCCC(=O)N2CC[C@@H]3CNC[C@@H]3CC2)cc1. The Kier molecular flexibility index (Phi) is 5.35. The lowest BCUT2D eigenvalue weighted by Gasteiger charge is -2.21. The Labute approximate surface area is 142 Å². The number of hydrogen-bond donors (Lipinski definition) is 2. The Hall–Kier alpha value is -2.08. The van der Waals surface area contributed by atoms with Crippen molar-refractivity contribution in [3.63, 3.8) is 0 Å². The quantitative estimate of drug-likeness (QED) is 0.843. The summed E-state index contributed by atoms with van der Waals surface area (Å²) >= 11 is 0. The minimum absolute atomic E-state index is 0.164. The van der Waals surface area contributed by atoms with Crippen molar-refractivity contribution in [1.29, 1.82) is 0 Å². The molecular weight excluding hydrogens is 306 g/mol. The lowest BCUT2D eigenvalue weighted by molar-refractivity contribution is -0.131. The van der Waals surface area contributed by atoms with Crippen molar-refractivity contribution in [2.24, 2.45) is 17.6 Å². The number of nitrogens with one attached hydrogen (secondary N) is 1. The number of carbonyl (C=O) groups excluding carboxylic acids is 2. The second-order valence-electron chi connectivity index (χ2n) is 6.62. The van der Waals surface area contributed by atoms with E-state index in [4.69, 9.17) is 10.5 Å². The Bertz CT molecular complexity index is 574. The van der Waals surface area contributed by atoms with E-state index in [1.165, 1.54) is 0 Å². The first-order valence-corrected chi connectivity index (χ1v) is 8.64. The highest BCUT2D eigenvalue weighted by Gasteiger charge is 2.31. The predicted octanol–water partition coefficient (Wildman–Crippen LogP) is 1.01. The fourth-order valence-corrected chi connectivity index (χ4v) is 3.60. The summed E-state index contributed by atoms with van der Waals surface area (Å²) in [4.78, 5) is 25.4. The number of hydrogen-bond acceptors (Lipinski definition) is 4. The van der Waals surface area contributed by atoms with Gasteiger partial charge in [0.05, 0.1) is 13.0 Å². The molecule has 6 heteroatoms. The molecule has 2 aliphatic heterocycles.